The summed E-state index contributed by atoms with van der Waals surface area (Å²) < 4.78 is 68.7. The molecule has 4 aromatic rings. The van der Waals surface area contributed by atoms with Gasteiger partial charge in [0.1, 0.15) is 4.90 Å². The fraction of sp³-hybridized carbons (Fsp3) is 0.414. The number of aromatic nitrogens is 5. The normalized spacial score (nSPS) is 18.4. The van der Waals surface area contributed by atoms with Crippen LogP contribution in [0, 0.1) is 19.3 Å². The van der Waals surface area contributed by atoms with Gasteiger partial charge in [0.25, 0.3) is 6.43 Å². The zero-order valence-corrected chi connectivity index (χ0v) is 25.2. The van der Waals surface area contributed by atoms with Gasteiger partial charge >= 0.3 is 5.97 Å². The number of sulfonamides is 1. The molecule has 2 aliphatic heterocycles. The monoisotopic (exact) mass is 628 g/mol. The summed E-state index contributed by atoms with van der Waals surface area (Å²) in [5.41, 5.74) is 0.306. The maximum atomic E-state index is 13.9. The largest absolute Gasteiger partial charge is 0.481 e. The minimum Gasteiger partial charge on any atom is -0.481 e. The van der Waals surface area contributed by atoms with E-state index < -0.39 is 45.2 Å². The van der Waals surface area contributed by atoms with E-state index >= 15 is 0 Å². The van der Waals surface area contributed by atoms with Crippen LogP contribution in [0.25, 0.3) is 5.65 Å². The van der Waals surface area contributed by atoms with Crippen LogP contribution in [0.1, 0.15) is 60.1 Å². The quantitative estimate of drug-likeness (QED) is 0.321. The van der Waals surface area contributed by atoms with Gasteiger partial charge in [-0.25, -0.2) is 22.2 Å². The number of halogens is 2. The Hall–Kier alpha value is -4.08. The number of ether oxygens (including phenoxy) is 2. The summed E-state index contributed by atoms with van der Waals surface area (Å²) in [4.78, 5) is 21.6. The maximum absolute atomic E-state index is 13.9. The molecular weight excluding hydrogens is 598 g/mol. The lowest BCUT2D eigenvalue weighted by atomic mass is 9.72. The highest BCUT2D eigenvalue weighted by molar-refractivity contribution is 7.89. The first-order valence-corrected chi connectivity index (χ1v) is 15.2. The van der Waals surface area contributed by atoms with E-state index in [1.54, 1.807) is 45.9 Å². The topological polar surface area (TPSA) is 149 Å². The summed E-state index contributed by atoms with van der Waals surface area (Å²) in [5.74, 6) is -2.48. The van der Waals surface area contributed by atoms with E-state index in [-0.39, 0.29) is 42.7 Å². The summed E-state index contributed by atoms with van der Waals surface area (Å²) in [6.45, 7) is 6.83. The third kappa shape index (κ3) is 4.79. The van der Waals surface area contributed by atoms with Gasteiger partial charge in [0.05, 0.1) is 37.4 Å². The van der Waals surface area contributed by atoms with Crippen LogP contribution in [0.3, 0.4) is 0 Å². The molecule has 4 aromatic heterocycles. The summed E-state index contributed by atoms with van der Waals surface area (Å²) in [6, 6.07) is 8.01. The zero-order chi connectivity index (χ0) is 31.6. The first kappa shape index (κ1) is 30.0. The lowest BCUT2D eigenvalue weighted by molar-refractivity contribution is -0.166. The standard InChI is InChI=1S/C29H30F2N6O6S/c1-16-7-8-19(22(28(3,4)27(38)39)18-9-11-37-24(17(18)2)34-35-25(37)23(30)31)33-20(16)12-36-13-29(14-42-15-29)43-26-21(44(36,40)41)6-5-10-32-26/h5-11,22-23H,12-15H2,1-4H3,(H,38,39). The van der Waals surface area contributed by atoms with Crippen molar-refractivity contribution < 1.29 is 36.6 Å². The smallest absolute Gasteiger partial charge is 0.310 e. The Kier molecular flexibility index (Phi) is 7.17. The third-order valence-electron chi connectivity index (χ3n) is 8.38. The Balaban J connectivity index is 1.45. The van der Waals surface area contributed by atoms with Gasteiger partial charge in [-0.2, -0.15) is 4.31 Å². The molecule has 1 saturated heterocycles. The van der Waals surface area contributed by atoms with Gasteiger partial charge in [0.2, 0.25) is 21.7 Å². The molecule has 6 heterocycles. The molecule has 0 bridgehead atoms. The number of carboxylic acid groups (broad SMARTS) is 1. The van der Waals surface area contributed by atoms with Crippen molar-refractivity contribution in [1.29, 1.82) is 0 Å². The van der Waals surface area contributed by atoms with E-state index in [1.165, 1.54) is 33.2 Å². The van der Waals surface area contributed by atoms with Gasteiger partial charge in [-0.15, -0.1) is 10.2 Å². The second-order valence-corrected chi connectivity index (χ2v) is 13.7. The molecule has 0 aromatic carbocycles. The molecule has 1 spiro atoms. The van der Waals surface area contributed by atoms with Gasteiger partial charge in [-0.3, -0.25) is 14.2 Å². The molecule has 44 heavy (non-hydrogen) atoms. The second kappa shape index (κ2) is 10.5. The summed E-state index contributed by atoms with van der Waals surface area (Å²) in [5, 5.41) is 17.9. The van der Waals surface area contributed by atoms with Crippen molar-refractivity contribution in [3.05, 3.63) is 76.6 Å². The Labute approximate surface area is 251 Å². The molecule has 0 aliphatic carbocycles. The molecule has 0 amide bonds. The highest BCUT2D eigenvalue weighted by Crippen LogP contribution is 2.43. The van der Waals surface area contributed by atoms with Gasteiger partial charge in [-0.1, -0.05) is 6.07 Å². The summed E-state index contributed by atoms with van der Waals surface area (Å²) in [7, 11) is -4.07. The number of hydrogen-bond donors (Lipinski definition) is 1. The minimum atomic E-state index is -4.07. The lowest BCUT2D eigenvalue weighted by Gasteiger charge is -2.41. The van der Waals surface area contributed by atoms with E-state index in [2.05, 4.69) is 15.2 Å². The number of rotatable bonds is 7. The Bertz CT molecular complexity index is 1890. The molecule has 2 aliphatic rings. The number of hydrogen-bond acceptors (Lipinski definition) is 9. The molecule has 1 unspecified atom stereocenters. The van der Waals surface area contributed by atoms with Crippen molar-refractivity contribution in [2.75, 3.05) is 19.8 Å². The number of fused-ring (bicyclic) bond motifs is 2. The van der Waals surface area contributed by atoms with Gasteiger partial charge in [0.15, 0.2) is 11.2 Å². The van der Waals surface area contributed by atoms with Crippen LogP contribution in [0.15, 0.2) is 47.6 Å². The van der Waals surface area contributed by atoms with E-state index in [1.807, 2.05) is 0 Å². The van der Waals surface area contributed by atoms with E-state index in [4.69, 9.17) is 14.5 Å². The third-order valence-corrected chi connectivity index (χ3v) is 10.2. The van der Waals surface area contributed by atoms with Crippen molar-refractivity contribution in [2.24, 2.45) is 5.41 Å². The van der Waals surface area contributed by atoms with Gasteiger partial charge in [-0.05, 0) is 68.7 Å². The minimum absolute atomic E-state index is 0.00375. The van der Waals surface area contributed by atoms with E-state index in [0.29, 0.717) is 28.1 Å². The Morgan fingerprint density at radius 1 is 1.16 bits per heavy atom. The van der Waals surface area contributed by atoms with Gasteiger partial charge in [0, 0.05) is 24.0 Å². The molecule has 232 valence electrons. The number of aliphatic carboxylic acids is 1. The predicted octanol–water partition coefficient (Wildman–Crippen LogP) is 3.67. The molecule has 6 rings (SSSR count). The maximum Gasteiger partial charge on any atom is 0.310 e. The molecule has 15 heteroatoms. The highest BCUT2D eigenvalue weighted by Gasteiger charge is 2.50. The second-order valence-electron chi connectivity index (χ2n) is 11.8. The highest BCUT2D eigenvalue weighted by atomic mass is 32.2. The van der Waals surface area contributed by atoms with Crippen LogP contribution in [0.4, 0.5) is 8.78 Å². The molecule has 1 N–H and O–H groups in total. The molecule has 12 nitrogen and oxygen atoms in total. The van der Waals surface area contributed by atoms with Crippen molar-refractivity contribution in [3.63, 3.8) is 0 Å². The van der Waals surface area contributed by atoms with E-state index in [9.17, 15) is 27.1 Å². The van der Waals surface area contributed by atoms with Crippen LogP contribution >= 0.6 is 0 Å². The van der Waals surface area contributed by atoms with Gasteiger partial charge < -0.3 is 14.6 Å². The first-order valence-electron chi connectivity index (χ1n) is 13.8. The molecule has 0 saturated carbocycles. The predicted molar refractivity (Wildman–Crippen MR) is 151 cm³/mol. The average Bonchev–Trinajstić information content (AvgIpc) is 3.36. The number of nitrogens with zero attached hydrogens (tertiary/aromatic N) is 6. The fourth-order valence-electron chi connectivity index (χ4n) is 5.75. The van der Waals surface area contributed by atoms with E-state index in [0.717, 1.165) is 0 Å². The average molecular weight is 629 g/mol. The number of carbonyl (C=O) groups is 1. The van der Waals surface area contributed by atoms with Crippen LogP contribution in [0.2, 0.25) is 0 Å². The molecule has 1 atom stereocenters. The lowest BCUT2D eigenvalue weighted by Crippen LogP contribution is -2.60. The SMILES string of the molecule is Cc1ccc(C(c2ccn3c(C(F)F)nnc3c2C)C(C)(C)C(=O)O)nc1CN1CC2(COC2)Oc2ncccc2S1(=O)=O. The number of pyridine rings is 3. The number of aryl methyl sites for hydroxylation is 2. The van der Waals surface area contributed by atoms with Crippen molar-refractivity contribution in [3.8, 4) is 5.88 Å². The zero-order valence-electron chi connectivity index (χ0n) is 24.4. The Morgan fingerprint density at radius 2 is 1.91 bits per heavy atom. The number of alkyl halides is 2. The van der Waals surface area contributed by atoms with Crippen LogP contribution in [-0.4, -0.2) is 73.7 Å². The van der Waals surface area contributed by atoms with Crippen LogP contribution in [-0.2, 0) is 26.1 Å². The summed E-state index contributed by atoms with van der Waals surface area (Å²) >= 11 is 0. The van der Waals surface area contributed by atoms with Crippen molar-refractivity contribution in [2.45, 2.75) is 57.1 Å². The van der Waals surface area contributed by atoms with Crippen molar-refractivity contribution in [1.82, 2.24) is 28.9 Å². The molecule has 1 fully saturated rings. The Morgan fingerprint density at radius 3 is 2.57 bits per heavy atom. The van der Waals surface area contributed by atoms with Crippen LogP contribution < -0.4 is 4.74 Å². The van der Waals surface area contributed by atoms with Crippen LogP contribution in [0.5, 0.6) is 5.88 Å². The number of carboxylic acids is 1. The summed E-state index contributed by atoms with van der Waals surface area (Å²) in [6.07, 6.45) is 0.00955. The first-order chi connectivity index (χ1) is 20.7. The van der Waals surface area contributed by atoms with Crippen molar-refractivity contribution >= 4 is 21.6 Å². The molecular formula is C29H30F2N6O6S. The molecule has 0 radical (unpaired) electrons. The fourth-order valence-corrected chi connectivity index (χ4v) is 7.29.